The number of nitrogens with zero attached hydrogens (tertiary/aromatic N) is 1. The van der Waals surface area contributed by atoms with E-state index in [2.05, 4.69) is 22.2 Å². The highest BCUT2D eigenvalue weighted by Gasteiger charge is 2.22. The number of allylic oxidation sites excluding steroid dienone is 1. The fourth-order valence-corrected chi connectivity index (χ4v) is 2.18. The van der Waals surface area contributed by atoms with Crippen molar-refractivity contribution in [2.75, 3.05) is 7.05 Å². The van der Waals surface area contributed by atoms with Gasteiger partial charge in [0.05, 0.1) is 22.7 Å². The predicted molar refractivity (Wildman–Crippen MR) is 83.9 cm³/mol. The van der Waals surface area contributed by atoms with Crippen molar-refractivity contribution in [1.82, 2.24) is 10.6 Å². The summed E-state index contributed by atoms with van der Waals surface area (Å²) in [7, 11) is 1.75. The van der Waals surface area contributed by atoms with Gasteiger partial charge in [0, 0.05) is 7.05 Å². The lowest BCUT2D eigenvalue weighted by molar-refractivity contribution is 0.624. The number of benzene rings is 1. The molecule has 0 saturated heterocycles. The van der Waals surface area contributed by atoms with Crippen LogP contribution in [0.3, 0.4) is 0 Å². The fraction of sp³-hybridized carbons (Fsp3) is 0.250. The van der Waals surface area contributed by atoms with E-state index in [-0.39, 0.29) is 5.82 Å². The van der Waals surface area contributed by atoms with Gasteiger partial charge in [0.2, 0.25) is 0 Å². The molecule has 110 valence electrons. The van der Waals surface area contributed by atoms with Gasteiger partial charge in [0.1, 0.15) is 17.3 Å². The third-order valence-corrected chi connectivity index (χ3v) is 3.20. The maximum Gasteiger partial charge on any atom is 0.141 e. The quantitative estimate of drug-likeness (QED) is 0.729. The minimum atomic E-state index is -0.356. The molecular formula is C16H19FN4. The van der Waals surface area contributed by atoms with Gasteiger partial charge in [-0.05, 0) is 18.6 Å². The topological polar surface area (TPSA) is 60.3 Å². The Labute approximate surface area is 124 Å². The van der Waals surface area contributed by atoms with Gasteiger partial charge in [-0.2, -0.15) is 0 Å². The van der Waals surface area contributed by atoms with Crippen molar-refractivity contribution in [2.45, 2.75) is 19.8 Å². The van der Waals surface area contributed by atoms with Crippen LogP contribution in [0.4, 0.5) is 4.39 Å². The second-order valence-electron chi connectivity index (χ2n) is 4.75. The first-order valence-electron chi connectivity index (χ1n) is 6.88. The minimum absolute atomic E-state index is 0.356. The summed E-state index contributed by atoms with van der Waals surface area (Å²) >= 11 is 0. The molecular weight excluding hydrogens is 267 g/mol. The molecule has 0 aromatic heterocycles. The average Bonchev–Trinajstić information content (AvgIpc) is 2.47. The smallest absolute Gasteiger partial charge is 0.141 e. The van der Waals surface area contributed by atoms with E-state index in [9.17, 15) is 4.39 Å². The summed E-state index contributed by atoms with van der Waals surface area (Å²) in [6.07, 6.45) is 1.46. The number of hydrogen-bond acceptors (Lipinski definition) is 4. The largest absolute Gasteiger partial charge is 0.385 e. The van der Waals surface area contributed by atoms with Crippen LogP contribution < -0.4 is 10.6 Å². The molecule has 0 spiro atoms. The van der Waals surface area contributed by atoms with E-state index in [0.717, 1.165) is 6.42 Å². The van der Waals surface area contributed by atoms with Crippen LogP contribution >= 0.6 is 0 Å². The Morgan fingerprint density at radius 2 is 2.14 bits per heavy atom. The maximum atomic E-state index is 13.9. The van der Waals surface area contributed by atoms with Crippen molar-refractivity contribution in [1.29, 1.82) is 5.41 Å². The molecule has 21 heavy (non-hydrogen) atoms. The van der Waals surface area contributed by atoms with Crippen LogP contribution in [0.1, 0.15) is 25.3 Å². The number of amidine groups is 1. The summed E-state index contributed by atoms with van der Waals surface area (Å²) in [5.74, 6) is 0.0267. The van der Waals surface area contributed by atoms with Crippen molar-refractivity contribution in [2.24, 2.45) is 4.99 Å². The highest BCUT2D eigenvalue weighted by atomic mass is 19.1. The van der Waals surface area contributed by atoms with Gasteiger partial charge < -0.3 is 16.0 Å². The lowest BCUT2D eigenvalue weighted by Crippen LogP contribution is -2.34. The van der Waals surface area contributed by atoms with Gasteiger partial charge in [-0.1, -0.05) is 32.1 Å². The molecule has 0 unspecified atom stereocenters. The first-order valence-corrected chi connectivity index (χ1v) is 6.88. The molecule has 0 fully saturated rings. The fourth-order valence-electron chi connectivity index (χ4n) is 2.18. The van der Waals surface area contributed by atoms with E-state index in [0.29, 0.717) is 40.6 Å². The molecule has 1 aromatic rings. The van der Waals surface area contributed by atoms with E-state index >= 15 is 0 Å². The monoisotopic (exact) mass is 286 g/mol. The highest BCUT2D eigenvalue weighted by Crippen LogP contribution is 2.21. The van der Waals surface area contributed by atoms with Gasteiger partial charge >= 0.3 is 0 Å². The normalized spacial score (nSPS) is 14.6. The lowest BCUT2D eigenvalue weighted by atomic mass is 10.1. The second-order valence-corrected chi connectivity index (χ2v) is 4.75. The molecule has 0 bridgehead atoms. The van der Waals surface area contributed by atoms with E-state index < -0.39 is 0 Å². The predicted octanol–water partition coefficient (Wildman–Crippen LogP) is 2.94. The zero-order valence-electron chi connectivity index (χ0n) is 12.3. The number of nitrogens with one attached hydrogen (secondary N) is 3. The van der Waals surface area contributed by atoms with E-state index in [1.807, 2.05) is 6.92 Å². The third-order valence-electron chi connectivity index (χ3n) is 3.20. The van der Waals surface area contributed by atoms with Gasteiger partial charge in [-0.25, -0.2) is 9.38 Å². The van der Waals surface area contributed by atoms with Crippen molar-refractivity contribution in [3.8, 4) is 0 Å². The molecule has 3 N–H and O–H groups in total. The van der Waals surface area contributed by atoms with Gasteiger partial charge in [-0.3, -0.25) is 0 Å². The number of hydrogen-bond donors (Lipinski definition) is 3. The molecule has 0 radical (unpaired) electrons. The van der Waals surface area contributed by atoms with Crippen LogP contribution in [0.25, 0.3) is 0 Å². The molecule has 1 heterocycles. The molecule has 0 atom stereocenters. The molecule has 1 aromatic carbocycles. The number of rotatable bonds is 5. The molecule has 0 aliphatic carbocycles. The van der Waals surface area contributed by atoms with Crippen LogP contribution in [0.15, 0.2) is 52.9 Å². The molecule has 1 aliphatic heterocycles. The summed E-state index contributed by atoms with van der Waals surface area (Å²) in [5, 5.41) is 14.2. The van der Waals surface area contributed by atoms with E-state index in [4.69, 9.17) is 5.41 Å². The molecule has 4 nitrogen and oxygen atoms in total. The number of aliphatic imine (C=N–C) groups is 1. The summed E-state index contributed by atoms with van der Waals surface area (Å²) in [5.41, 5.74) is 2.56. The Balaban J connectivity index is 2.51. The first kappa shape index (κ1) is 15.0. The molecule has 2 rings (SSSR count). The highest BCUT2D eigenvalue weighted by molar-refractivity contribution is 6.08. The number of likely N-dealkylation sites (N-methyl/N-ethyl adjacent to an activating group) is 1. The Kier molecular flexibility index (Phi) is 4.52. The summed E-state index contributed by atoms with van der Waals surface area (Å²) in [6.45, 7) is 5.94. The van der Waals surface area contributed by atoms with Gasteiger partial charge in [0.25, 0.3) is 0 Å². The molecule has 1 aliphatic rings. The standard InChI is InChI=1S/C16H19FN4/c1-4-7-13(18)15-14(19-3)10(2)20-16(21-15)11-8-5-6-9-12(11)17/h5-6,8-9,18-19H,2,4,7H2,1,3H3,(H,20,21). The van der Waals surface area contributed by atoms with E-state index in [1.54, 1.807) is 25.2 Å². The van der Waals surface area contributed by atoms with Crippen LogP contribution in [0.2, 0.25) is 0 Å². The Bertz CT molecular complexity index is 643. The lowest BCUT2D eigenvalue weighted by Gasteiger charge is -2.23. The van der Waals surface area contributed by atoms with Crippen molar-refractivity contribution in [3.05, 3.63) is 59.3 Å². The Morgan fingerprint density at radius 3 is 2.76 bits per heavy atom. The van der Waals surface area contributed by atoms with Crippen LogP contribution in [0, 0.1) is 11.2 Å². The van der Waals surface area contributed by atoms with Gasteiger partial charge in [-0.15, -0.1) is 0 Å². The molecule has 5 heteroatoms. The van der Waals surface area contributed by atoms with Crippen LogP contribution in [-0.2, 0) is 0 Å². The number of halogens is 1. The molecule has 0 saturated carbocycles. The molecule has 0 amide bonds. The van der Waals surface area contributed by atoms with Crippen LogP contribution in [0.5, 0.6) is 0 Å². The van der Waals surface area contributed by atoms with Crippen molar-refractivity contribution >= 4 is 11.5 Å². The maximum absolute atomic E-state index is 13.9. The van der Waals surface area contributed by atoms with Crippen molar-refractivity contribution < 1.29 is 4.39 Å². The Hall–Kier alpha value is -2.43. The van der Waals surface area contributed by atoms with Crippen LogP contribution in [-0.4, -0.2) is 18.6 Å². The SMILES string of the molecule is C=C1NC(c2ccccc2F)=NC(C(=N)CCC)=C1NC. The minimum Gasteiger partial charge on any atom is -0.385 e. The van der Waals surface area contributed by atoms with E-state index in [1.165, 1.54) is 6.07 Å². The Morgan fingerprint density at radius 1 is 1.43 bits per heavy atom. The zero-order valence-corrected chi connectivity index (χ0v) is 12.3. The third kappa shape index (κ3) is 3.02. The average molecular weight is 286 g/mol. The van der Waals surface area contributed by atoms with Gasteiger partial charge in [0.15, 0.2) is 0 Å². The van der Waals surface area contributed by atoms with Crippen molar-refractivity contribution in [3.63, 3.8) is 0 Å². The first-order chi connectivity index (χ1) is 10.1. The zero-order chi connectivity index (χ0) is 15.4. The summed E-state index contributed by atoms with van der Waals surface area (Å²) in [4.78, 5) is 4.43. The second kappa shape index (κ2) is 6.35. The summed E-state index contributed by atoms with van der Waals surface area (Å²) in [6, 6.07) is 6.42. The summed E-state index contributed by atoms with van der Waals surface area (Å²) < 4.78 is 13.9.